The lowest BCUT2D eigenvalue weighted by atomic mass is 10.1. The van der Waals surface area contributed by atoms with Crippen molar-refractivity contribution in [3.63, 3.8) is 0 Å². The fourth-order valence-electron chi connectivity index (χ4n) is 2.96. The fraction of sp³-hybridized carbons (Fsp3) is 0.0526. The number of nitrogens with one attached hydrogen (secondary N) is 1. The number of fused-ring (bicyclic) bond motifs is 2. The van der Waals surface area contributed by atoms with Crippen LogP contribution in [0, 0.1) is 12.3 Å². The summed E-state index contributed by atoms with van der Waals surface area (Å²) in [7, 11) is 0. The van der Waals surface area contributed by atoms with Crippen molar-refractivity contribution in [2.75, 3.05) is 0 Å². The Kier molecular flexibility index (Phi) is 3.43. The molecule has 1 aromatic carbocycles. The number of nitrogens with two attached hydrogens (primary N) is 1. The molecule has 4 aromatic rings. The van der Waals surface area contributed by atoms with E-state index in [1.807, 2.05) is 31.2 Å². The summed E-state index contributed by atoms with van der Waals surface area (Å²) < 4.78 is 2.87. The molecule has 26 heavy (non-hydrogen) atoms. The van der Waals surface area contributed by atoms with Crippen LogP contribution in [-0.2, 0) is 0 Å². The van der Waals surface area contributed by atoms with Gasteiger partial charge in [-0.1, -0.05) is 23.8 Å². The zero-order valence-electron chi connectivity index (χ0n) is 13.9. The summed E-state index contributed by atoms with van der Waals surface area (Å²) in [6.07, 6.45) is 1.61. The third-order valence-electron chi connectivity index (χ3n) is 4.29. The number of carbonyl (C=O) groups excluding carboxylic acids is 1. The van der Waals surface area contributed by atoms with E-state index in [0.717, 1.165) is 5.56 Å². The summed E-state index contributed by atoms with van der Waals surface area (Å²) in [5.74, 6) is -0.768. The Hall–Kier alpha value is -3.74. The van der Waals surface area contributed by atoms with Gasteiger partial charge in [0.25, 0.3) is 11.5 Å². The topological polar surface area (TPSA) is 106 Å². The number of rotatable bonds is 2. The average Bonchev–Trinajstić information content (AvgIpc) is 2.62. The van der Waals surface area contributed by atoms with Crippen molar-refractivity contribution in [1.82, 2.24) is 14.0 Å². The van der Waals surface area contributed by atoms with Crippen molar-refractivity contribution in [3.8, 4) is 5.69 Å². The van der Waals surface area contributed by atoms with E-state index in [9.17, 15) is 9.59 Å². The quantitative estimate of drug-likeness (QED) is 0.538. The van der Waals surface area contributed by atoms with E-state index >= 15 is 0 Å². The maximum atomic E-state index is 12.9. The van der Waals surface area contributed by atoms with E-state index in [1.54, 1.807) is 24.4 Å². The van der Waals surface area contributed by atoms with E-state index in [-0.39, 0.29) is 22.0 Å². The van der Waals surface area contributed by atoms with Crippen LogP contribution in [0.5, 0.6) is 0 Å². The molecule has 128 valence electrons. The molecule has 0 spiro atoms. The second kappa shape index (κ2) is 5.66. The van der Waals surface area contributed by atoms with Crippen LogP contribution in [0.3, 0.4) is 0 Å². The van der Waals surface area contributed by atoms with E-state index in [2.05, 4.69) is 4.98 Å². The fourth-order valence-corrected chi connectivity index (χ4v) is 2.96. The van der Waals surface area contributed by atoms with Crippen LogP contribution in [-0.4, -0.2) is 19.9 Å². The first-order valence-electron chi connectivity index (χ1n) is 7.96. The van der Waals surface area contributed by atoms with Crippen LogP contribution in [0.25, 0.3) is 22.4 Å². The molecule has 1 amide bonds. The van der Waals surface area contributed by atoms with E-state index in [0.29, 0.717) is 17.0 Å². The lowest BCUT2D eigenvalue weighted by Gasteiger charge is -2.14. The molecule has 3 aromatic heterocycles. The predicted octanol–water partition coefficient (Wildman–Crippen LogP) is 1.53. The molecule has 0 radical (unpaired) electrons. The van der Waals surface area contributed by atoms with Crippen LogP contribution in [0.4, 0.5) is 0 Å². The SMILES string of the molecule is Cc1ccc(-n2c(=N)c(C(N)=O)cc3c(=O)n4ccccc4nc32)cc1. The van der Waals surface area contributed by atoms with Crippen molar-refractivity contribution < 1.29 is 4.79 Å². The van der Waals surface area contributed by atoms with Crippen molar-refractivity contribution >= 4 is 22.6 Å². The largest absolute Gasteiger partial charge is 0.365 e. The summed E-state index contributed by atoms with van der Waals surface area (Å²) >= 11 is 0. The molecule has 0 aliphatic carbocycles. The molecule has 0 aliphatic heterocycles. The van der Waals surface area contributed by atoms with Gasteiger partial charge < -0.3 is 5.73 Å². The minimum atomic E-state index is -0.768. The van der Waals surface area contributed by atoms with E-state index in [4.69, 9.17) is 11.1 Å². The lowest BCUT2D eigenvalue weighted by molar-refractivity contribution is 0.0998. The first kappa shape index (κ1) is 15.8. The average molecular weight is 345 g/mol. The summed E-state index contributed by atoms with van der Waals surface area (Å²) in [6, 6.07) is 14.0. The third-order valence-corrected chi connectivity index (χ3v) is 4.29. The number of pyridine rings is 2. The van der Waals surface area contributed by atoms with Crippen molar-refractivity contribution in [2.45, 2.75) is 6.92 Å². The Morgan fingerprint density at radius 3 is 2.58 bits per heavy atom. The summed E-state index contributed by atoms with van der Waals surface area (Å²) in [4.78, 5) is 29.3. The highest BCUT2D eigenvalue weighted by Gasteiger charge is 2.16. The van der Waals surface area contributed by atoms with Crippen molar-refractivity contribution in [3.05, 3.63) is 81.7 Å². The zero-order valence-corrected chi connectivity index (χ0v) is 13.9. The Morgan fingerprint density at radius 1 is 1.15 bits per heavy atom. The van der Waals surface area contributed by atoms with Crippen LogP contribution in [0.15, 0.2) is 59.5 Å². The summed E-state index contributed by atoms with van der Waals surface area (Å²) in [6.45, 7) is 1.95. The van der Waals surface area contributed by atoms with Gasteiger partial charge in [0, 0.05) is 11.9 Å². The standard InChI is InChI=1S/C19H15N5O2/c1-11-5-7-12(8-6-11)24-16(20)13(17(21)25)10-14-18(24)22-15-4-2-3-9-23(15)19(14)26/h2-10,20H,1H3,(H2,21,25). The van der Waals surface area contributed by atoms with Crippen LogP contribution < -0.4 is 16.8 Å². The highest BCUT2D eigenvalue weighted by molar-refractivity contribution is 5.96. The lowest BCUT2D eigenvalue weighted by Crippen LogP contribution is -2.31. The molecule has 3 heterocycles. The highest BCUT2D eigenvalue weighted by atomic mass is 16.1. The maximum Gasteiger partial charge on any atom is 0.267 e. The minimum absolute atomic E-state index is 0.0344. The molecule has 0 fully saturated rings. The molecule has 0 saturated carbocycles. The number of aryl methyl sites for hydroxylation is 1. The molecule has 4 rings (SSSR count). The molecule has 0 bridgehead atoms. The van der Waals surface area contributed by atoms with Crippen molar-refractivity contribution in [2.24, 2.45) is 5.73 Å². The third kappa shape index (κ3) is 2.29. The predicted molar refractivity (Wildman–Crippen MR) is 97.4 cm³/mol. The Morgan fingerprint density at radius 2 is 1.88 bits per heavy atom. The molecular formula is C19H15N5O2. The first-order valence-corrected chi connectivity index (χ1v) is 7.96. The molecule has 0 atom stereocenters. The van der Waals surface area contributed by atoms with Crippen molar-refractivity contribution in [1.29, 1.82) is 5.41 Å². The van der Waals surface area contributed by atoms with E-state index < -0.39 is 5.91 Å². The normalized spacial score (nSPS) is 11.1. The number of hydrogen-bond donors (Lipinski definition) is 2. The van der Waals surface area contributed by atoms with Gasteiger partial charge in [-0.3, -0.25) is 24.0 Å². The number of nitrogens with zero attached hydrogens (tertiary/aromatic N) is 3. The van der Waals surface area contributed by atoms with E-state index in [1.165, 1.54) is 15.0 Å². The number of primary amides is 1. The number of carbonyl (C=O) groups is 1. The van der Waals surface area contributed by atoms with Gasteiger partial charge in [-0.05, 0) is 37.3 Å². The second-order valence-corrected chi connectivity index (χ2v) is 6.02. The Bertz CT molecular complexity index is 1300. The molecule has 7 heteroatoms. The molecule has 0 aliphatic rings. The van der Waals surface area contributed by atoms with Gasteiger partial charge in [0.15, 0.2) is 5.65 Å². The maximum absolute atomic E-state index is 12.9. The van der Waals surface area contributed by atoms with Crippen LogP contribution in [0.1, 0.15) is 15.9 Å². The Labute approximate surface area is 147 Å². The van der Waals surface area contributed by atoms with Gasteiger partial charge >= 0.3 is 0 Å². The second-order valence-electron chi connectivity index (χ2n) is 6.02. The zero-order chi connectivity index (χ0) is 18.4. The van der Waals surface area contributed by atoms with Gasteiger partial charge in [-0.25, -0.2) is 4.98 Å². The van der Waals surface area contributed by atoms with Gasteiger partial charge in [0.05, 0.1) is 10.9 Å². The van der Waals surface area contributed by atoms with Gasteiger partial charge in [-0.15, -0.1) is 0 Å². The molecular weight excluding hydrogens is 330 g/mol. The summed E-state index contributed by atoms with van der Waals surface area (Å²) in [5, 5.41) is 8.66. The Balaban J connectivity index is 2.26. The number of amides is 1. The van der Waals surface area contributed by atoms with Crippen LogP contribution >= 0.6 is 0 Å². The number of hydrogen-bond acceptors (Lipinski definition) is 4. The first-order chi connectivity index (χ1) is 12.5. The molecule has 0 unspecified atom stereocenters. The van der Waals surface area contributed by atoms with Crippen LogP contribution in [0.2, 0.25) is 0 Å². The van der Waals surface area contributed by atoms with Gasteiger partial charge in [-0.2, -0.15) is 0 Å². The highest BCUT2D eigenvalue weighted by Crippen LogP contribution is 2.15. The summed E-state index contributed by atoms with van der Waals surface area (Å²) in [5.41, 5.74) is 7.41. The molecule has 7 nitrogen and oxygen atoms in total. The minimum Gasteiger partial charge on any atom is -0.365 e. The smallest absolute Gasteiger partial charge is 0.267 e. The molecule has 3 N–H and O–H groups in total. The van der Waals surface area contributed by atoms with Gasteiger partial charge in [0.1, 0.15) is 11.1 Å². The number of benzene rings is 1. The van der Waals surface area contributed by atoms with Gasteiger partial charge in [0.2, 0.25) is 0 Å². The number of aromatic nitrogens is 3. The molecule has 0 saturated heterocycles. The monoisotopic (exact) mass is 345 g/mol.